The van der Waals surface area contributed by atoms with E-state index in [9.17, 15) is 8.42 Å². The summed E-state index contributed by atoms with van der Waals surface area (Å²) >= 11 is 0. The van der Waals surface area contributed by atoms with Gasteiger partial charge in [0.25, 0.3) is 0 Å². The molecule has 0 saturated heterocycles. The quantitative estimate of drug-likeness (QED) is 0.756. The van der Waals surface area contributed by atoms with Crippen LogP contribution in [-0.2, 0) is 21.2 Å². The number of hydrogen-bond acceptors (Lipinski definition) is 5. The fourth-order valence-corrected chi connectivity index (χ4v) is 3.46. The largest absolute Gasteiger partial charge is 0.493 e. The number of aliphatic hydroxyl groups is 1. The molecule has 2 rings (SSSR count). The molecule has 1 aliphatic heterocycles. The fraction of sp³-hybridized carbons (Fsp3) is 0.538. The van der Waals surface area contributed by atoms with Gasteiger partial charge in [0.15, 0.2) is 0 Å². The summed E-state index contributed by atoms with van der Waals surface area (Å²) in [5.41, 5.74) is 0.901. The van der Waals surface area contributed by atoms with Crippen molar-refractivity contribution < 1.29 is 23.0 Å². The summed E-state index contributed by atoms with van der Waals surface area (Å²) in [7, 11) is -2.13. The summed E-state index contributed by atoms with van der Waals surface area (Å²) in [5, 5.41) is 8.95. The number of nitrogens with one attached hydrogen (secondary N) is 1. The zero-order valence-electron chi connectivity index (χ0n) is 11.3. The van der Waals surface area contributed by atoms with Crippen LogP contribution in [0.4, 0.5) is 0 Å². The molecule has 0 spiro atoms. The summed E-state index contributed by atoms with van der Waals surface area (Å²) in [6, 6.07) is 4.39. The highest BCUT2D eigenvalue weighted by atomic mass is 32.2. The van der Waals surface area contributed by atoms with Gasteiger partial charge in [-0.25, -0.2) is 13.1 Å². The number of sulfonamides is 1. The van der Waals surface area contributed by atoms with Crippen LogP contribution in [0.25, 0.3) is 0 Å². The Morgan fingerprint density at radius 1 is 1.50 bits per heavy atom. The lowest BCUT2D eigenvalue weighted by Crippen LogP contribution is -2.38. The summed E-state index contributed by atoms with van der Waals surface area (Å²) < 4.78 is 37.5. The third-order valence-electron chi connectivity index (χ3n) is 3.14. The van der Waals surface area contributed by atoms with Crippen LogP contribution in [0.5, 0.6) is 5.75 Å². The Bertz CT molecular complexity index is 552. The number of aliphatic hydroxyl groups excluding tert-OH is 1. The van der Waals surface area contributed by atoms with Crippen molar-refractivity contribution in [1.82, 2.24) is 4.72 Å². The minimum atomic E-state index is -3.62. The van der Waals surface area contributed by atoms with Crippen LogP contribution in [0, 0.1) is 0 Å². The van der Waals surface area contributed by atoms with Gasteiger partial charge >= 0.3 is 0 Å². The van der Waals surface area contributed by atoms with E-state index >= 15 is 0 Å². The number of ether oxygens (including phenoxy) is 2. The molecule has 0 fully saturated rings. The van der Waals surface area contributed by atoms with Crippen molar-refractivity contribution in [3.63, 3.8) is 0 Å². The molecule has 0 aliphatic carbocycles. The van der Waals surface area contributed by atoms with Crippen LogP contribution in [0.2, 0.25) is 0 Å². The standard InChI is InChI=1S/C13H19NO5S/c1-18-9-11(4-6-15)14-20(16,17)12-2-3-13-10(8-12)5-7-19-13/h2-3,8,11,14-15H,4-7,9H2,1H3. The predicted octanol–water partition coefficient (Wildman–Crippen LogP) is 0.297. The molecule has 7 heteroatoms. The predicted molar refractivity (Wildman–Crippen MR) is 73.3 cm³/mol. The van der Waals surface area contributed by atoms with E-state index in [-0.39, 0.29) is 18.1 Å². The van der Waals surface area contributed by atoms with E-state index in [1.54, 1.807) is 12.1 Å². The molecule has 0 amide bonds. The molecule has 20 heavy (non-hydrogen) atoms. The maximum atomic E-state index is 12.3. The highest BCUT2D eigenvalue weighted by Gasteiger charge is 2.22. The van der Waals surface area contributed by atoms with Crippen LogP contribution in [-0.4, -0.2) is 46.5 Å². The molecular formula is C13H19NO5S. The van der Waals surface area contributed by atoms with Gasteiger partial charge in [0, 0.05) is 26.2 Å². The monoisotopic (exact) mass is 301 g/mol. The van der Waals surface area contributed by atoms with Gasteiger partial charge in [0.05, 0.1) is 18.1 Å². The van der Waals surface area contributed by atoms with Gasteiger partial charge in [-0.05, 0) is 30.2 Å². The van der Waals surface area contributed by atoms with E-state index in [4.69, 9.17) is 14.6 Å². The normalized spacial score (nSPS) is 15.7. The SMILES string of the molecule is COCC(CCO)NS(=O)(=O)c1ccc2c(c1)CCO2. The molecule has 1 aliphatic rings. The van der Waals surface area contributed by atoms with Gasteiger partial charge in [0.2, 0.25) is 10.0 Å². The average Bonchev–Trinajstić information content (AvgIpc) is 2.86. The van der Waals surface area contributed by atoms with Crippen molar-refractivity contribution in [2.45, 2.75) is 23.8 Å². The lowest BCUT2D eigenvalue weighted by molar-refractivity contribution is 0.158. The van der Waals surface area contributed by atoms with Crippen molar-refractivity contribution in [3.8, 4) is 5.75 Å². The molecule has 1 atom stereocenters. The third-order valence-corrected chi connectivity index (χ3v) is 4.66. The highest BCUT2D eigenvalue weighted by molar-refractivity contribution is 7.89. The lowest BCUT2D eigenvalue weighted by Gasteiger charge is -2.17. The molecule has 6 nitrogen and oxygen atoms in total. The molecule has 0 bridgehead atoms. The number of benzene rings is 1. The Morgan fingerprint density at radius 3 is 3.00 bits per heavy atom. The molecule has 112 valence electrons. The van der Waals surface area contributed by atoms with Gasteiger partial charge in [-0.15, -0.1) is 0 Å². The molecular weight excluding hydrogens is 282 g/mol. The van der Waals surface area contributed by atoms with Gasteiger partial charge in [-0.2, -0.15) is 0 Å². The molecule has 0 radical (unpaired) electrons. The zero-order chi connectivity index (χ0) is 14.6. The van der Waals surface area contributed by atoms with Crippen molar-refractivity contribution in [2.75, 3.05) is 26.9 Å². The Morgan fingerprint density at radius 2 is 2.30 bits per heavy atom. The molecule has 0 aromatic heterocycles. The third kappa shape index (κ3) is 3.49. The number of methoxy groups -OCH3 is 1. The fourth-order valence-electron chi connectivity index (χ4n) is 2.15. The minimum Gasteiger partial charge on any atom is -0.493 e. The van der Waals surface area contributed by atoms with E-state index in [2.05, 4.69) is 4.72 Å². The van der Waals surface area contributed by atoms with Crippen molar-refractivity contribution >= 4 is 10.0 Å². The number of rotatable bonds is 7. The Kier molecular flexibility index (Phi) is 4.98. The first kappa shape index (κ1) is 15.2. The summed E-state index contributed by atoms with van der Waals surface area (Å²) in [6.07, 6.45) is 1.03. The molecule has 1 aromatic rings. The highest BCUT2D eigenvalue weighted by Crippen LogP contribution is 2.27. The minimum absolute atomic E-state index is 0.103. The van der Waals surface area contributed by atoms with E-state index in [0.717, 1.165) is 17.7 Å². The van der Waals surface area contributed by atoms with Crippen molar-refractivity contribution in [3.05, 3.63) is 23.8 Å². The van der Waals surface area contributed by atoms with Gasteiger partial charge < -0.3 is 14.6 Å². The summed E-state index contributed by atoms with van der Waals surface area (Å²) in [5.74, 6) is 0.743. The maximum absolute atomic E-state index is 12.3. The Balaban J connectivity index is 2.17. The van der Waals surface area contributed by atoms with Gasteiger partial charge in [-0.3, -0.25) is 0 Å². The second-order valence-corrected chi connectivity index (χ2v) is 6.37. The van der Waals surface area contributed by atoms with Crippen molar-refractivity contribution in [2.24, 2.45) is 0 Å². The summed E-state index contributed by atoms with van der Waals surface area (Å²) in [6.45, 7) is 0.700. The first-order chi connectivity index (χ1) is 9.56. The number of fused-ring (bicyclic) bond motifs is 1. The lowest BCUT2D eigenvalue weighted by atomic mass is 10.2. The molecule has 1 heterocycles. The van der Waals surface area contributed by atoms with Gasteiger partial charge in [0.1, 0.15) is 5.75 Å². The summed E-state index contributed by atoms with van der Waals surface area (Å²) in [4.78, 5) is 0.209. The van der Waals surface area contributed by atoms with E-state index in [1.807, 2.05) is 0 Å². The van der Waals surface area contributed by atoms with E-state index in [1.165, 1.54) is 13.2 Å². The number of hydrogen-bond donors (Lipinski definition) is 2. The smallest absolute Gasteiger partial charge is 0.240 e. The van der Waals surface area contributed by atoms with Crippen LogP contribution in [0.15, 0.2) is 23.1 Å². The van der Waals surface area contributed by atoms with Gasteiger partial charge in [-0.1, -0.05) is 0 Å². The van der Waals surface area contributed by atoms with Crippen LogP contribution >= 0.6 is 0 Å². The first-order valence-electron chi connectivity index (χ1n) is 6.44. The molecule has 1 unspecified atom stereocenters. The zero-order valence-corrected chi connectivity index (χ0v) is 12.1. The molecule has 2 N–H and O–H groups in total. The second-order valence-electron chi connectivity index (χ2n) is 4.65. The van der Waals surface area contributed by atoms with Crippen LogP contribution < -0.4 is 9.46 Å². The average molecular weight is 301 g/mol. The van der Waals surface area contributed by atoms with Crippen LogP contribution in [0.3, 0.4) is 0 Å². The Labute approximate surface area is 118 Å². The second kappa shape index (κ2) is 6.53. The van der Waals surface area contributed by atoms with Crippen molar-refractivity contribution in [1.29, 1.82) is 0 Å². The maximum Gasteiger partial charge on any atom is 0.240 e. The Hall–Kier alpha value is -1.15. The molecule has 1 aromatic carbocycles. The van der Waals surface area contributed by atoms with E-state index < -0.39 is 16.1 Å². The molecule has 0 saturated carbocycles. The first-order valence-corrected chi connectivity index (χ1v) is 7.93. The topological polar surface area (TPSA) is 84.9 Å². The van der Waals surface area contributed by atoms with Crippen LogP contribution in [0.1, 0.15) is 12.0 Å². The van der Waals surface area contributed by atoms with E-state index in [0.29, 0.717) is 13.0 Å².